The standard InChI is InChI=1S/C13H22INO/c1-2-3-4-5-6-7-8-10-13(16)15-12-9-11-14/h2-8,10,12H2,1H3,(H,15,16). The fourth-order valence-electron chi connectivity index (χ4n) is 1.51. The molecule has 0 saturated heterocycles. The van der Waals surface area contributed by atoms with Gasteiger partial charge in [-0.3, -0.25) is 4.79 Å². The topological polar surface area (TPSA) is 29.1 Å². The Kier molecular flexibility index (Phi) is 12.6. The minimum atomic E-state index is 0.132. The van der Waals surface area contributed by atoms with E-state index in [9.17, 15) is 4.79 Å². The zero-order valence-electron chi connectivity index (χ0n) is 10.2. The molecular formula is C13H22INO. The van der Waals surface area contributed by atoms with E-state index in [4.69, 9.17) is 0 Å². The van der Waals surface area contributed by atoms with Crippen molar-refractivity contribution >= 4 is 28.5 Å². The third kappa shape index (κ3) is 11.8. The van der Waals surface area contributed by atoms with E-state index in [2.05, 4.69) is 22.1 Å². The van der Waals surface area contributed by atoms with Crippen LogP contribution in [0.3, 0.4) is 0 Å². The van der Waals surface area contributed by atoms with Crippen LogP contribution in [-0.2, 0) is 4.79 Å². The second kappa shape index (κ2) is 12.8. The summed E-state index contributed by atoms with van der Waals surface area (Å²) in [6, 6.07) is 0. The van der Waals surface area contributed by atoms with Crippen LogP contribution >= 0.6 is 22.6 Å². The van der Waals surface area contributed by atoms with Crippen LogP contribution in [0.2, 0.25) is 0 Å². The van der Waals surface area contributed by atoms with Crippen LogP contribution < -0.4 is 5.32 Å². The third-order valence-corrected chi connectivity index (χ3v) is 2.83. The van der Waals surface area contributed by atoms with Crippen molar-refractivity contribution in [3.8, 4) is 9.85 Å². The molecular weight excluding hydrogens is 313 g/mol. The van der Waals surface area contributed by atoms with Gasteiger partial charge in [0, 0.05) is 29.0 Å². The lowest BCUT2D eigenvalue weighted by Crippen LogP contribution is -2.22. The van der Waals surface area contributed by atoms with Crippen molar-refractivity contribution in [2.24, 2.45) is 0 Å². The van der Waals surface area contributed by atoms with E-state index in [0.717, 1.165) is 6.42 Å². The van der Waals surface area contributed by atoms with Crippen molar-refractivity contribution in [1.82, 2.24) is 5.32 Å². The Morgan fingerprint density at radius 2 is 1.75 bits per heavy atom. The summed E-state index contributed by atoms with van der Waals surface area (Å²) >= 11 is 1.97. The van der Waals surface area contributed by atoms with Gasteiger partial charge in [0.15, 0.2) is 0 Å². The van der Waals surface area contributed by atoms with E-state index in [1.54, 1.807) is 0 Å². The molecule has 0 aromatic carbocycles. The monoisotopic (exact) mass is 335 g/mol. The van der Waals surface area contributed by atoms with Crippen LogP contribution in [0.4, 0.5) is 0 Å². The highest BCUT2D eigenvalue weighted by Gasteiger charge is 1.98. The van der Waals surface area contributed by atoms with Crippen LogP contribution in [0, 0.1) is 9.85 Å². The van der Waals surface area contributed by atoms with Gasteiger partial charge in [0.25, 0.3) is 0 Å². The Balaban J connectivity index is 3.17. The lowest BCUT2D eigenvalue weighted by atomic mass is 10.1. The molecule has 92 valence electrons. The first-order chi connectivity index (χ1) is 7.81. The Morgan fingerprint density at radius 3 is 2.38 bits per heavy atom. The van der Waals surface area contributed by atoms with Gasteiger partial charge in [0.05, 0.1) is 6.54 Å². The van der Waals surface area contributed by atoms with Crippen LogP contribution in [0.25, 0.3) is 0 Å². The first-order valence-electron chi connectivity index (χ1n) is 6.16. The molecule has 1 amide bonds. The Hall–Kier alpha value is -0.240. The molecule has 0 saturated carbocycles. The summed E-state index contributed by atoms with van der Waals surface area (Å²) in [7, 11) is 0. The average Bonchev–Trinajstić information content (AvgIpc) is 2.28. The molecule has 0 bridgehead atoms. The number of carbonyl (C=O) groups excluding carboxylic acids is 1. The second-order valence-electron chi connectivity index (χ2n) is 3.92. The molecule has 0 heterocycles. The lowest BCUT2D eigenvalue weighted by molar-refractivity contribution is -0.120. The molecule has 0 aromatic heterocycles. The highest BCUT2D eigenvalue weighted by molar-refractivity contribution is 14.1. The molecule has 0 fully saturated rings. The van der Waals surface area contributed by atoms with Crippen LogP contribution in [0.15, 0.2) is 0 Å². The maximum Gasteiger partial charge on any atom is 0.220 e. The first-order valence-corrected chi connectivity index (χ1v) is 7.24. The number of unbranched alkanes of at least 4 members (excludes halogenated alkanes) is 6. The number of rotatable bonds is 9. The normalized spacial score (nSPS) is 9.38. The number of carbonyl (C=O) groups is 1. The Morgan fingerprint density at radius 1 is 1.12 bits per heavy atom. The summed E-state index contributed by atoms with van der Waals surface area (Å²) in [4.78, 5) is 11.3. The van der Waals surface area contributed by atoms with Gasteiger partial charge < -0.3 is 5.32 Å². The largest absolute Gasteiger partial charge is 0.345 e. The average molecular weight is 335 g/mol. The van der Waals surface area contributed by atoms with Gasteiger partial charge >= 0.3 is 0 Å². The quantitative estimate of drug-likeness (QED) is 0.389. The summed E-state index contributed by atoms with van der Waals surface area (Å²) in [5.74, 6) is 2.94. The summed E-state index contributed by atoms with van der Waals surface area (Å²) in [6.45, 7) is 2.71. The van der Waals surface area contributed by atoms with Gasteiger partial charge in [-0.2, -0.15) is 0 Å². The van der Waals surface area contributed by atoms with Gasteiger partial charge in [-0.05, 0) is 10.3 Å². The van der Waals surface area contributed by atoms with Gasteiger partial charge in [0.1, 0.15) is 0 Å². The van der Waals surface area contributed by atoms with E-state index < -0.39 is 0 Å². The maximum absolute atomic E-state index is 11.3. The van der Waals surface area contributed by atoms with Crippen molar-refractivity contribution < 1.29 is 4.79 Å². The van der Waals surface area contributed by atoms with E-state index in [0.29, 0.717) is 13.0 Å². The zero-order valence-corrected chi connectivity index (χ0v) is 12.3. The number of amides is 1. The molecule has 0 rings (SSSR count). The number of halogens is 1. The molecule has 0 unspecified atom stereocenters. The molecule has 2 nitrogen and oxygen atoms in total. The minimum absolute atomic E-state index is 0.132. The molecule has 16 heavy (non-hydrogen) atoms. The summed E-state index contributed by atoms with van der Waals surface area (Å²) in [5.41, 5.74) is 0. The SMILES string of the molecule is CCCCCCCCCC(=O)NCC#CI. The van der Waals surface area contributed by atoms with E-state index >= 15 is 0 Å². The summed E-state index contributed by atoms with van der Waals surface area (Å²) in [5, 5.41) is 2.78. The number of hydrogen-bond donors (Lipinski definition) is 1. The van der Waals surface area contributed by atoms with Gasteiger partial charge in [-0.1, -0.05) is 51.4 Å². The minimum Gasteiger partial charge on any atom is -0.345 e. The molecule has 1 N–H and O–H groups in total. The van der Waals surface area contributed by atoms with Crippen molar-refractivity contribution in [3.05, 3.63) is 0 Å². The van der Waals surface area contributed by atoms with Crippen LogP contribution in [0.5, 0.6) is 0 Å². The predicted octanol–water partition coefficient (Wildman–Crippen LogP) is 3.64. The van der Waals surface area contributed by atoms with E-state index in [1.807, 2.05) is 22.6 Å². The summed E-state index contributed by atoms with van der Waals surface area (Å²) < 4.78 is 2.72. The zero-order chi connectivity index (χ0) is 12.1. The fourth-order valence-corrected chi connectivity index (χ4v) is 1.70. The maximum atomic E-state index is 11.3. The van der Waals surface area contributed by atoms with Crippen LogP contribution in [-0.4, -0.2) is 12.5 Å². The summed E-state index contributed by atoms with van der Waals surface area (Å²) in [6.07, 6.45) is 9.39. The predicted molar refractivity (Wildman–Crippen MR) is 77.4 cm³/mol. The molecule has 0 aliphatic heterocycles. The van der Waals surface area contributed by atoms with E-state index in [-0.39, 0.29) is 5.91 Å². The Labute approximate surface area is 113 Å². The molecule has 0 atom stereocenters. The van der Waals surface area contributed by atoms with Crippen molar-refractivity contribution in [2.75, 3.05) is 6.54 Å². The molecule has 0 aliphatic rings. The first kappa shape index (κ1) is 15.8. The van der Waals surface area contributed by atoms with Crippen molar-refractivity contribution in [2.45, 2.75) is 58.3 Å². The smallest absolute Gasteiger partial charge is 0.220 e. The molecule has 0 aromatic rings. The lowest BCUT2D eigenvalue weighted by Gasteiger charge is -2.02. The highest BCUT2D eigenvalue weighted by Crippen LogP contribution is 2.08. The number of hydrogen-bond acceptors (Lipinski definition) is 1. The van der Waals surface area contributed by atoms with E-state index in [1.165, 1.54) is 38.5 Å². The molecule has 0 aliphatic carbocycles. The Bertz CT molecular complexity index is 230. The van der Waals surface area contributed by atoms with Crippen molar-refractivity contribution in [3.63, 3.8) is 0 Å². The van der Waals surface area contributed by atoms with Gasteiger partial charge in [0.2, 0.25) is 5.91 Å². The second-order valence-corrected chi connectivity index (χ2v) is 4.46. The van der Waals surface area contributed by atoms with Gasteiger partial charge in [-0.25, -0.2) is 0 Å². The molecule has 3 heteroatoms. The highest BCUT2D eigenvalue weighted by atomic mass is 127. The van der Waals surface area contributed by atoms with Crippen LogP contribution in [0.1, 0.15) is 58.3 Å². The molecule has 0 radical (unpaired) electrons. The number of nitrogens with one attached hydrogen (secondary N) is 1. The molecule has 0 spiro atoms. The fraction of sp³-hybridized carbons (Fsp3) is 0.769. The van der Waals surface area contributed by atoms with Gasteiger partial charge in [-0.15, -0.1) is 0 Å². The third-order valence-electron chi connectivity index (χ3n) is 2.45. The van der Waals surface area contributed by atoms with Crippen molar-refractivity contribution in [1.29, 1.82) is 0 Å².